The second-order valence-corrected chi connectivity index (χ2v) is 5.54. The van der Waals surface area contributed by atoms with E-state index in [0.29, 0.717) is 25.4 Å². The minimum Gasteiger partial charge on any atom is -0.367 e. The average molecular weight is 282 g/mol. The van der Waals surface area contributed by atoms with Gasteiger partial charge in [0.2, 0.25) is 5.78 Å². The summed E-state index contributed by atoms with van der Waals surface area (Å²) in [5.74, 6) is -1.66. The fourth-order valence-electron chi connectivity index (χ4n) is 2.88. The summed E-state index contributed by atoms with van der Waals surface area (Å²) in [6, 6.07) is 3.49. The van der Waals surface area contributed by atoms with Crippen molar-refractivity contribution in [1.82, 2.24) is 0 Å². The fraction of sp³-hybridized carbons (Fsp3) is 0.562. The van der Waals surface area contributed by atoms with Crippen LogP contribution in [0.3, 0.4) is 0 Å². The standard InChI is InChI=1S/C16H20F2O2/c1-3-20-16(9-7-11(2)8-10-16)15(19)14-12(17)5-4-6-13(14)18/h4-6,11H,3,7-10H2,1-2H3. The molecule has 0 bridgehead atoms. The first-order valence-electron chi connectivity index (χ1n) is 7.13. The third kappa shape index (κ3) is 2.75. The fourth-order valence-corrected chi connectivity index (χ4v) is 2.88. The number of hydrogen-bond donors (Lipinski definition) is 0. The van der Waals surface area contributed by atoms with Gasteiger partial charge >= 0.3 is 0 Å². The molecule has 0 unspecified atom stereocenters. The smallest absolute Gasteiger partial charge is 0.200 e. The molecule has 0 amide bonds. The van der Waals surface area contributed by atoms with Crippen LogP contribution in [0.15, 0.2) is 18.2 Å². The first-order valence-corrected chi connectivity index (χ1v) is 7.13. The van der Waals surface area contributed by atoms with Gasteiger partial charge in [-0.05, 0) is 50.7 Å². The lowest BCUT2D eigenvalue weighted by molar-refractivity contribution is -0.0478. The Morgan fingerprint density at radius 1 is 1.30 bits per heavy atom. The minimum atomic E-state index is -1.07. The molecule has 4 heteroatoms. The van der Waals surface area contributed by atoms with Gasteiger partial charge in [-0.3, -0.25) is 4.79 Å². The molecule has 0 spiro atoms. The summed E-state index contributed by atoms with van der Waals surface area (Å²) in [4.78, 5) is 12.7. The zero-order valence-corrected chi connectivity index (χ0v) is 11.9. The van der Waals surface area contributed by atoms with E-state index in [4.69, 9.17) is 4.74 Å². The van der Waals surface area contributed by atoms with Crippen LogP contribution in [-0.2, 0) is 4.74 Å². The summed E-state index contributed by atoms with van der Waals surface area (Å²) < 4.78 is 33.3. The third-order valence-corrected chi connectivity index (χ3v) is 4.11. The number of Topliss-reactive ketones (excluding diaryl/α,β-unsaturated/α-hetero) is 1. The monoisotopic (exact) mass is 282 g/mol. The van der Waals surface area contributed by atoms with E-state index in [9.17, 15) is 13.6 Å². The number of benzene rings is 1. The van der Waals surface area contributed by atoms with E-state index in [1.54, 1.807) is 6.92 Å². The van der Waals surface area contributed by atoms with Gasteiger partial charge < -0.3 is 4.74 Å². The molecule has 1 aromatic rings. The van der Waals surface area contributed by atoms with Gasteiger partial charge in [-0.2, -0.15) is 0 Å². The Balaban J connectivity index is 2.37. The van der Waals surface area contributed by atoms with E-state index < -0.39 is 28.6 Å². The lowest BCUT2D eigenvalue weighted by Gasteiger charge is -2.37. The highest BCUT2D eigenvalue weighted by molar-refractivity contribution is 6.03. The summed E-state index contributed by atoms with van der Waals surface area (Å²) in [7, 11) is 0. The van der Waals surface area contributed by atoms with Crippen molar-refractivity contribution in [2.24, 2.45) is 5.92 Å². The predicted molar refractivity (Wildman–Crippen MR) is 72.7 cm³/mol. The molecule has 0 heterocycles. The number of hydrogen-bond acceptors (Lipinski definition) is 2. The van der Waals surface area contributed by atoms with Crippen LogP contribution in [0, 0.1) is 17.6 Å². The van der Waals surface area contributed by atoms with Gasteiger partial charge in [-0.15, -0.1) is 0 Å². The van der Waals surface area contributed by atoms with Crippen molar-refractivity contribution in [2.45, 2.75) is 45.1 Å². The number of carbonyl (C=O) groups is 1. The minimum absolute atomic E-state index is 0.357. The Kier molecular flexibility index (Phi) is 4.53. The number of ketones is 1. The highest BCUT2D eigenvalue weighted by atomic mass is 19.1. The maximum atomic E-state index is 13.8. The van der Waals surface area contributed by atoms with Crippen LogP contribution >= 0.6 is 0 Å². The first kappa shape index (κ1) is 15.1. The molecule has 1 aliphatic rings. The number of rotatable bonds is 4. The van der Waals surface area contributed by atoms with Gasteiger partial charge in [0.05, 0.1) is 5.56 Å². The highest BCUT2D eigenvalue weighted by Gasteiger charge is 2.44. The molecule has 20 heavy (non-hydrogen) atoms. The quantitative estimate of drug-likeness (QED) is 0.776. The van der Waals surface area contributed by atoms with Crippen LogP contribution in [0.25, 0.3) is 0 Å². The van der Waals surface area contributed by atoms with Crippen molar-refractivity contribution in [3.05, 3.63) is 35.4 Å². The van der Waals surface area contributed by atoms with E-state index in [0.717, 1.165) is 25.0 Å². The predicted octanol–water partition coefficient (Wildman–Crippen LogP) is 4.13. The second-order valence-electron chi connectivity index (χ2n) is 5.54. The van der Waals surface area contributed by atoms with Crippen molar-refractivity contribution in [2.75, 3.05) is 6.61 Å². The zero-order valence-electron chi connectivity index (χ0n) is 11.9. The van der Waals surface area contributed by atoms with Gasteiger partial charge in [0, 0.05) is 6.61 Å². The highest BCUT2D eigenvalue weighted by Crippen LogP contribution is 2.38. The van der Waals surface area contributed by atoms with E-state index in [-0.39, 0.29) is 0 Å². The summed E-state index contributed by atoms with van der Waals surface area (Å²) in [5, 5.41) is 0. The molecule has 0 radical (unpaired) electrons. The Hall–Kier alpha value is -1.29. The molecule has 1 fully saturated rings. The molecule has 0 saturated heterocycles. The van der Waals surface area contributed by atoms with Gasteiger partial charge in [0.25, 0.3) is 0 Å². The molecule has 1 saturated carbocycles. The average Bonchev–Trinajstić information content (AvgIpc) is 2.41. The molecule has 0 aliphatic heterocycles. The first-order chi connectivity index (χ1) is 9.50. The van der Waals surface area contributed by atoms with E-state index in [1.807, 2.05) is 0 Å². The van der Waals surface area contributed by atoms with Crippen molar-refractivity contribution < 1.29 is 18.3 Å². The normalized spacial score (nSPS) is 26.5. The van der Waals surface area contributed by atoms with Gasteiger partial charge in [-0.25, -0.2) is 8.78 Å². The molecule has 1 aliphatic carbocycles. The molecule has 2 nitrogen and oxygen atoms in total. The summed E-state index contributed by atoms with van der Waals surface area (Å²) in [6.07, 6.45) is 2.72. The van der Waals surface area contributed by atoms with Crippen molar-refractivity contribution in [3.8, 4) is 0 Å². The van der Waals surface area contributed by atoms with Crippen LogP contribution in [0.5, 0.6) is 0 Å². The van der Waals surface area contributed by atoms with Crippen LogP contribution in [0.1, 0.15) is 49.9 Å². The van der Waals surface area contributed by atoms with Crippen molar-refractivity contribution >= 4 is 5.78 Å². The number of ether oxygens (including phenoxy) is 1. The number of halogens is 2. The summed E-state index contributed by atoms with van der Waals surface area (Å²) >= 11 is 0. The lowest BCUT2D eigenvalue weighted by Crippen LogP contribution is -2.45. The maximum absolute atomic E-state index is 13.8. The topological polar surface area (TPSA) is 26.3 Å². The lowest BCUT2D eigenvalue weighted by atomic mass is 9.75. The molecule has 2 rings (SSSR count). The van der Waals surface area contributed by atoms with Crippen molar-refractivity contribution in [1.29, 1.82) is 0 Å². The Labute approximate surface area is 118 Å². The summed E-state index contributed by atoms with van der Waals surface area (Å²) in [5.41, 5.74) is -1.53. The van der Waals surface area contributed by atoms with Crippen LogP contribution in [0.4, 0.5) is 8.78 Å². The van der Waals surface area contributed by atoms with Crippen LogP contribution in [-0.4, -0.2) is 18.0 Å². The Morgan fingerprint density at radius 3 is 2.35 bits per heavy atom. The Bertz CT molecular complexity index is 471. The molecule has 0 atom stereocenters. The van der Waals surface area contributed by atoms with Crippen LogP contribution < -0.4 is 0 Å². The van der Waals surface area contributed by atoms with E-state index in [1.165, 1.54) is 6.07 Å². The molecule has 1 aromatic carbocycles. The molecular formula is C16H20F2O2. The Morgan fingerprint density at radius 2 is 1.85 bits per heavy atom. The molecular weight excluding hydrogens is 262 g/mol. The SMILES string of the molecule is CCOC1(C(=O)c2c(F)cccc2F)CCC(C)CC1. The van der Waals surface area contributed by atoms with Crippen molar-refractivity contribution in [3.63, 3.8) is 0 Å². The molecule has 0 aromatic heterocycles. The third-order valence-electron chi connectivity index (χ3n) is 4.11. The van der Waals surface area contributed by atoms with Gasteiger partial charge in [0.15, 0.2) is 0 Å². The zero-order chi connectivity index (χ0) is 14.8. The largest absolute Gasteiger partial charge is 0.367 e. The second kappa shape index (κ2) is 6.00. The number of carbonyl (C=O) groups excluding carboxylic acids is 1. The summed E-state index contributed by atoms with van der Waals surface area (Å²) in [6.45, 7) is 4.27. The van der Waals surface area contributed by atoms with Gasteiger partial charge in [0.1, 0.15) is 17.2 Å². The van der Waals surface area contributed by atoms with Gasteiger partial charge in [-0.1, -0.05) is 13.0 Å². The van der Waals surface area contributed by atoms with Crippen LogP contribution in [0.2, 0.25) is 0 Å². The molecule has 0 N–H and O–H groups in total. The van der Waals surface area contributed by atoms with E-state index >= 15 is 0 Å². The maximum Gasteiger partial charge on any atom is 0.200 e. The van der Waals surface area contributed by atoms with E-state index in [2.05, 4.69) is 6.92 Å². The molecule has 110 valence electrons.